The number of nitrogens with one attached hydrogen (secondary N) is 2. The number of pyridine rings is 2. The summed E-state index contributed by atoms with van der Waals surface area (Å²) in [7, 11) is 2.03. The van der Waals surface area contributed by atoms with Crippen molar-refractivity contribution in [3.8, 4) is 10.4 Å². The third-order valence-electron chi connectivity index (χ3n) is 7.06. The van der Waals surface area contributed by atoms with Crippen LogP contribution in [-0.4, -0.2) is 17.0 Å². The average molecular weight is 582 g/mol. The molecule has 5 nitrogen and oxygen atoms in total. The Morgan fingerprint density at radius 2 is 1.88 bits per heavy atom. The van der Waals surface area contributed by atoms with Crippen molar-refractivity contribution in [3.63, 3.8) is 0 Å². The van der Waals surface area contributed by atoms with Gasteiger partial charge in [-0.2, -0.15) is 0 Å². The van der Waals surface area contributed by atoms with Crippen LogP contribution < -0.4 is 15.5 Å². The second-order valence-corrected chi connectivity index (χ2v) is 11.2. The number of thiophene rings is 1. The molecule has 0 saturated carbocycles. The van der Waals surface area contributed by atoms with Crippen molar-refractivity contribution in [2.24, 2.45) is 0 Å². The van der Waals surface area contributed by atoms with Gasteiger partial charge in [0.2, 0.25) is 0 Å². The number of hydrogen-bond acceptors (Lipinski definition) is 6. The molecule has 42 heavy (non-hydrogen) atoms. The van der Waals surface area contributed by atoms with Crippen LogP contribution in [-0.2, 0) is 19.5 Å². The van der Waals surface area contributed by atoms with Gasteiger partial charge in [0, 0.05) is 52.4 Å². The van der Waals surface area contributed by atoms with Gasteiger partial charge in [0.15, 0.2) is 11.6 Å². The quantitative estimate of drug-likeness (QED) is 0.155. The first-order chi connectivity index (χ1) is 20.4. The maximum absolute atomic E-state index is 13.6. The first-order valence-corrected chi connectivity index (χ1v) is 14.6. The van der Waals surface area contributed by atoms with E-state index < -0.39 is 11.6 Å². The maximum atomic E-state index is 13.6. The lowest BCUT2D eigenvalue weighted by Crippen LogP contribution is -2.13. The van der Waals surface area contributed by atoms with Gasteiger partial charge in [-0.05, 0) is 77.8 Å². The number of hydrogen-bond donors (Lipinski definition) is 2. The van der Waals surface area contributed by atoms with Crippen LogP contribution >= 0.6 is 11.3 Å². The lowest BCUT2D eigenvalue weighted by Gasteiger charge is -2.20. The third kappa shape index (κ3) is 6.34. The molecule has 0 aliphatic rings. The van der Waals surface area contributed by atoms with Crippen LogP contribution in [0.25, 0.3) is 27.0 Å². The summed E-state index contributed by atoms with van der Waals surface area (Å²) in [4.78, 5) is 13.6. The number of halogens is 2. The molecular formula is C34H33F2N5S. The van der Waals surface area contributed by atoms with E-state index in [0.29, 0.717) is 30.2 Å². The third-order valence-corrected chi connectivity index (χ3v) is 8.19. The van der Waals surface area contributed by atoms with E-state index in [1.165, 1.54) is 16.5 Å². The van der Waals surface area contributed by atoms with Gasteiger partial charge in [0.25, 0.3) is 0 Å². The molecule has 3 heterocycles. The highest BCUT2D eigenvalue weighted by Crippen LogP contribution is 2.36. The van der Waals surface area contributed by atoms with Crippen molar-refractivity contribution in [1.82, 2.24) is 15.3 Å². The van der Waals surface area contributed by atoms with E-state index in [2.05, 4.69) is 70.9 Å². The van der Waals surface area contributed by atoms with Crippen molar-refractivity contribution in [2.45, 2.75) is 32.9 Å². The predicted molar refractivity (Wildman–Crippen MR) is 171 cm³/mol. The molecule has 0 atom stereocenters. The molecule has 5 rings (SSSR count). The lowest BCUT2D eigenvalue weighted by molar-refractivity contribution is 0.507. The number of fused-ring (bicyclic) bond motifs is 1. The number of benzene rings is 2. The maximum Gasteiger partial charge on any atom is 0.159 e. The standard InChI is InChI=1S/C34H33F2N5S/c1-5-8-25-20-39-31-14-11-24(18-28(31)33(25)41(4)6-2)32-15-12-26(42-32)21-40-34-27(9-7-16-37-34)22(3)38-19-23-10-13-29(35)30(36)17-23/h6-7,9-18,20,38H,2-3,5,8,19,21H2,1,4H3,(H,37,40). The zero-order chi connectivity index (χ0) is 29.6. The summed E-state index contributed by atoms with van der Waals surface area (Å²) in [5.41, 5.74) is 6.53. The molecule has 0 fully saturated rings. The van der Waals surface area contributed by atoms with Crippen LogP contribution in [0.2, 0.25) is 0 Å². The highest BCUT2D eigenvalue weighted by atomic mass is 32.1. The van der Waals surface area contributed by atoms with Crippen molar-refractivity contribution in [3.05, 3.63) is 126 Å². The van der Waals surface area contributed by atoms with Crippen LogP contribution in [0.4, 0.5) is 20.3 Å². The van der Waals surface area contributed by atoms with Crippen molar-refractivity contribution in [2.75, 3.05) is 17.3 Å². The zero-order valence-corrected chi connectivity index (χ0v) is 24.6. The summed E-state index contributed by atoms with van der Waals surface area (Å²) >= 11 is 1.72. The summed E-state index contributed by atoms with van der Waals surface area (Å²) in [6.07, 6.45) is 7.55. The molecule has 0 spiro atoms. The van der Waals surface area contributed by atoms with Crippen LogP contribution in [0.15, 0.2) is 92.4 Å². The van der Waals surface area contributed by atoms with Gasteiger partial charge >= 0.3 is 0 Å². The van der Waals surface area contributed by atoms with Crippen LogP contribution in [0.5, 0.6) is 0 Å². The molecule has 2 aromatic carbocycles. The molecule has 0 bridgehead atoms. The van der Waals surface area contributed by atoms with E-state index in [9.17, 15) is 8.78 Å². The van der Waals surface area contributed by atoms with Gasteiger partial charge in [0.05, 0.1) is 17.7 Å². The van der Waals surface area contributed by atoms with Crippen molar-refractivity contribution in [1.29, 1.82) is 0 Å². The molecule has 0 saturated heterocycles. The van der Waals surface area contributed by atoms with Gasteiger partial charge < -0.3 is 15.5 Å². The zero-order valence-electron chi connectivity index (χ0n) is 23.8. The largest absolute Gasteiger partial charge is 0.381 e. The second kappa shape index (κ2) is 13.0. The van der Waals surface area contributed by atoms with Gasteiger partial charge in [-0.3, -0.25) is 4.98 Å². The topological polar surface area (TPSA) is 53.1 Å². The Balaban J connectivity index is 1.31. The molecule has 3 aromatic heterocycles. The Bertz CT molecular complexity index is 1750. The minimum absolute atomic E-state index is 0.310. The Morgan fingerprint density at radius 3 is 2.67 bits per heavy atom. The molecule has 0 radical (unpaired) electrons. The summed E-state index contributed by atoms with van der Waals surface area (Å²) in [6, 6.07) is 18.3. The van der Waals surface area contributed by atoms with Crippen molar-refractivity contribution < 1.29 is 8.78 Å². The van der Waals surface area contributed by atoms with Gasteiger partial charge in [-0.15, -0.1) is 11.3 Å². The van der Waals surface area contributed by atoms with Crippen LogP contribution in [0.1, 0.15) is 34.9 Å². The molecular weight excluding hydrogens is 548 g/mol. The molecule has 0 aliphatic carbocycles. The molecule has 2 N–H and O–H groups in total. The summed E-state index contributed by atoms with van der Waals surface area (Å²) in [5, 5.41) is 7.74. The van der Waals surface area contributed by atoms with Gasteiger partial charge in [0.1, 0.15) is 5.82 Å². The molecule has 0 amide bonds. The van der Waals surface area contributed by atoms with E-state index in [0.717, 1.165) is 51.5 Å². The molecule has 5 aromatic rings. The molecule has 214 valence electrons. The minimum atomic E-state index is -0.870. The Morgan fingerprint density at radius 1 is 1.02 bits per heavy atom. The normalized spacial score (nSPS) is 11.0. The SMILES string of the molecule is C=CN(C)c1c(CCC)cnc2ccc(-c3ccc(CNc4ncccc4C(=C)NCc4ccc(F)c(F)c4)s3)cc12. The predicted octanol–water partition coefficient (Wildman–Crippen LogP) is 8.54. The first kappa shape index (κ1) is 29.0. The first-order valence-electron chi connectivity index (χ1n) is 13.8. The molecule has 0 aliphatic heterocycles. The number of nitrogens with zero attached hydrogens (tertiary/aromatic N) is 3. The Labute approximate surface area is 249 Å². The average Bonchev–Trinajstić information content (AvgIpc) is 3.49. The molecule has 8 heteroatoms. The van der Waals surface area contributed by atoms with Gasteiger partial charge in [-0.1, -0.05) is 38.6 Å². The fourth-order valence-electron chi connectivity index (χ4n) is 4.88. The van der Waals surface area contributed by atoms with E-state index in [1.54, 1.807) is 23.6 Å². The fraction of sp³-hybridized carbons (Fsp3) is 0.176. The number of aromatic nitrogens is 2. The molecule has 0 unspecified atom stereocenters. The number of anilines is 2. The smallest absolute Gasteiger partial charge is 0.159 e. The van der Waals surface area contributed by atoms with Gasteiger partial charge in [-0.25, -0.2) is 13.8 Å². The second-order valence-electron chi connectivity index (χ2n) is 10.0. The van der Waals surface area contributed by atoms with Crippen LogP contribution in [0, 0.1) is 11.6 Å². The lowest BCUT2D eigenvalue weighted by atomic mass is 10.0. The fourth-order valence-corrected chi connectivity index (χ4v) is 5.82. The number of rotatable bonds is 12. The van der Waals surface area contributed by atoms with E-state index >= 15 is 0 Å². The highest BCUT2D eigenvalue weighted by molar-refractivity contribution is 7.15. The Kier molecular flexibility index (Phi) is 8.93. The monoisotopic (exact) mass is 581 g/mol. The summed E-state index contributed by atoms with van der Waals surface area (Å²) in [5.74, 6) is -1.05. The van der Waals surface area contributed by atoms with Crippen LogP contribution in [0.3, 0.4) is 0 Å². The highest BCUT2D eigenvalue weighted by Gasteiger charge is 2.14. The Hall–Kier alpha value is -4.56. The van der Waals surface area contributed by atoms with E-state index in [1.807, 2.05) is 31.6 Å². The summed E-state index contributed by atoms with van der Waals surface area (Å²) < 4.78 is 26.9. The van der Waals surface area contributed by atoms with E-state index in [-0.39, 0.29) is 0 Å². The number of aryl methyl sites for hydroxylation is 1. The van der Waals surface area contributed by atoms with Crippen molar-refractivity contribution >= 4 is 39.4 Å². The van der Waals surface area contributed by atoms with E-state index in [4.69, 9.17) is 4.98 Å². The summed E-state index contributed by atoms with van der Waals surface area (Å²) in [6.45, 7) is 11.2. The minimum Gasteiger partial charge on any atom is -0.381 e.